The molecule has 0 radical (unpaired) electrons. The van der Waals surface area contributed by atoms with E-state index in [0.29, 0.717) is 16.2 Å². The molecule has 0 aliphatic heterocycles. The van der Waals surface area contributed by atoms with Gasteiger partial charge in [-0.25, -0.2) is 0 Å². The molecule has 0 aliphatic rings. The lowest BCUT2D eigenvalue weighted by atomic mass is 10.2. The maximum atomic E-state index is 12.7. The van der Waals surface area contributed by atoms with E-state index in [0.717, 1.165) is 11.8 Å². The van der Waals surface area contributed by atoms with Crippen molar-refractivity contribution in [2.75, 3.05) is 5.32 Å². The molecule has 2 heterocycles. The van der Waals surface area contributed by atoms with Gasteiger partial charge in [0, 0.05) is 23.5 Å². The highest BCUT2D eigenvalue weighted by atomic mass is 35.5. The van der Waals surface area contributed by atoms with Gasteiger partial charge in [-0.1, -0.05) is 23.7 Å². The van der Waals surface area contributed by atoms with E-state index in [1.54, 1.807) is 29.1 Å². The molecule has 124 valence electrons. The van der Waals surface area contributed by atoms with E-state index in [-0.39, 0.29) is 11.5 Å². The molecule has 24 heavy (non-hydrogen) atoms. The average Bonchev–Trinajstić information content (AvgIpc) is 3.19. The Bertz CT molecular complexity index is 844. The molecule has 3 rings (SSSR count). The van der Waals surface area contributed by atoms with Crippen molar-refractivity contribution in [3.05, 3.63) is 65.1 Å². The first-order chi connectivity index (χ1) is 11.5. The summed E-state index contributed by atoms with van der Waals surface area (Å²) in [7, 11) is 0. The fourth-order valence-corrected chi connectivity index (χ4v) is 2.25. The van der Waals surface area contributed by atoms with E-state index >= 15 is 0 Å². The predicted octanol–water partition coefficient (Wildman–Crippen LogP) is 3.43. The Labute approximate surface area is 140 Å². The van der Waals surface area contributed by atoms with Gasteiger partial charge in [0.2, 0.25) is 0 Å². The number of nitrogens with zero attached hydrogens (tertiary/aromatic N) is 4. The smallest absolute Gasteiger partial charge is 0.304 e. The third-order valence-corrected chi connectivity index (χ3v) is 3.48. The van der Waals surface area contributed by atoms with Crippen LogP contribution in [0.4, 0.5) is 14.6 Å². The van der Waals surface area contributed by atoms with Crippen molar-refractivity contribution in [3.63, 3.8) is 0 Å². The molecule has 0 atom stereocenters. The Morgan fingerprint density at radius 2 is 1.96 bits per heavy atom. The molecule has 2 aromatic heterocycles. The molecule has 1 amide bonds. The van der Waals surface area contributed by atoms with Crippen LogP contribution < -0.4 is 5.32 Å². The number of hydrogen-bond donors (Lipinski definition) is 1. The number of rotatable bonds is 5. The number of alkyl halides is 2. The maximum absolute atomic E-state index is 12.7. The summed E-state index contributed by atoms with van der Waals surface area (Å²) in [6.07, 6.45) is 2.81. The highest BCUT2D eigenvalue weighted by Crippen LogP contribution is 2.14. The van der Waals surface area contributed by atoms with Crippen LogP contribution in [0.15, 0.2) is 48.8 Å². The lowest BCUT2D eigenvalue weighted by molar-refractivity contribution is 0.0520. The summed E-state index contributed by atoms with van der Waals surface area (Å²) in [6, 6.07) is 10.1. The molecule has 0 spiro atoms. The Balaban J connectivity index is 1.68. The zero-order chi connectivity index (χ0) is 17.1. The summed E-state index contributed by atoms with van der Waals surface area (Å²) in [4.78, 5) is 12.0. The molecule has 6 nitrogen and oxygen atoms in total. The van der Waals surface area contributed by atoms with E-state index in [4.69, 9.17) is 11.6 Å². The molecular formula is C15H12ClF2N5O. The van der Waals surface area contributed by atoms with Crippen LogP contribution in [0.2, 0.25) is 5.02 Å². The number of carbonyl (C=O) groups excluding carboxylic acids is 1. The van der Waals surface area contributed by atoms with Gasteiger partial charge < -0.3 is 5.32 Å². The Kier molecular flexibility index (Phi) is 4.57. The first-order valence-corrected chi connectivity index (χ1v) is 7.31. The zero-order valence-electron chi connectivity index (χ0n) is 12.2. The largest absolute Gasteiger partial charge is 0.333 e. The van der Waals surface area contributed by atoms with Crippen LogP contribution >= 0.6 is 11.6 Å². The highest BCUT2D eigenvalue weighted by molar-refractivity contribution is 6.30. The number of aromatic nitrogens is 4. The molecule has 9 heteroatoms. The van der Waals surface area contributed by atoms with Gasteiger partial charge in [0.1, 0.15) is 5.69 Å². The normalized spacial score (nSPS) is 11.0. The molecule has 0 fully saturated rings. The van der Waals surface area contributed by atoms with Gasteiger partial charge in [0.25, 0.3) is 5.91 Å². The second-order valence-electron chi connectivity index (χ2n) is 4.92. The minimum atomic E-state index is -2.89. The van der Waals surface area contributed by atoms with Crippen LogP contribution in [0.25, 0.3) is 0 Å². The number of halogens is 3. The minimum absolute atomic E-state index is 0.239. The molecule has 0 saturated heterocycles. The van der Waals surface area contributed by atoms with E-state index < -0.39 is 12.5 Å². The Morgan fingerprint density at radius 1 is 1.21 bits per heavy atom. The van der Waals surface area contributed by atoms with Crippen molar-refractivity contribution >= 4 is 23.3 Å². The second-order valence-corrected chi connectivity index (χ2v) is 5.35. The molecule has 0 unspecified atom stereocenters. The molecule has 0 saturated carbocycles. The molecule has 0 aliphatic carbocycles. The van der Waals surface area contributed by atoms with Crippen LogP contribution in [0.1, 0.15) is 22.6 Å². The lowest BCUT2D eigenvalue weighted by Gasteiger charge is -2.05. The fraction of sp³-hybridized carbons (Fsp3) is 0.133. The van der Waals surface area contributed by atoms with E-state index in [1.165, 1.54) is 6.07 Å². The van der Waals surface area contributed by atoms with Crippen LogP contribution in [0.5, 0.6) is 0 Å². The van der Waals surface area contributed by atoms with Gasteiger partial charge in [0.05, 0.1) is 6.54 Å². The molecular weight excluding hydrogens is 340 g/mol. The van der Waals surface area contributed by atoms with Crippen LogP contribution in [-0.4, -0.2) is 25.5 Å². The topological polar surface area (TPSA) is 64.7 Å². The summed E-state index contributed by atoms with van der Waals surface area (Å²) >= 11 is 5.83. The summed E-state index contributed by atoms with van der Waals surface area (Å²) in [6.45, 7) is -2.40. The van der Waals surface area contributed by atoms with Crippen LogP contribution in [0.3, 0.4) is 0 Å². The Morgan fingerprint density at radius 3 is 2.67 bits per heavy atom. The quantitative estimate of drug-likeness (QED) is 0.766. The molecule has 0 bridgehead atoms. The van der Waals surface area contributed by atoms with Crippen LogP contribution in [0, 0.1) is 0 Å². The fourth-order valence-electron chi connectivity index (χ4n) is 2.12. The Hall–Kier alpha value is -2.74. The summed E-state index contributed by atoms with van der Waals surface area (Å²) in [5.74, 6) is -0.444. The number of carbonyl (C=O) groups is 1. The predicted molar refractivity (Wildman–Crippen MR) is 84.2 cm³/mol. The van der Waals surface area contributed by atoms with Crippen molar-refractivity contribution in [3.8, 4) is 0 Å². The monoisotopic (exact) mass is 351 g/mol. The zero-order valence-corrected chi connectivity index (χ0v) is 13.0. The minimum Gasteiger partial charge on any atom is -0.304 e. The number of amides is 1. The number of hydrogen-bond acceptors (Lipinski definition) is 3. The lowest BCUT2D eigenvalue weighted by Crippen LogP contribution is -2.18. The number of anilines is 1. The highest BCUT2D eigenvalue weighted by Gasteiger charge is 2.18. The summed E-state index contributed by atoms with van der Waals surface area (Å²) in [5, 5.41) is 10.7. The van der Waals surface area contributed by atoms with E-state index in [9.17, 15) is 13.6 Å². The third-order valence-electron chi connectivity index (χ3n) is 3.23. The molecule has 1 aromatic carbocycles. The first-order valence-electron chi connectivity index (χ1n) is 6.94. The SMILES string of the molecule is O=C(Nc1ccn(Cc2ccc(Cl)cc2)n1)c1ccnn1C(F)F. The van der Waals surface area contributed by atoms with Gasteiger partial charge in [-0.05, 0) is 23.8 Å². The van der Waals surface area contributed by atoms with Gasteiger partial charge >= 0.3 is 6.55 Å². The van der Waals surface area contributed by atoms with E-state index in [1.807, 2.05) is 12.1 Å². The van der Waals surface area contributed by atoms with E-state index in [2.05, 4.69) is 15.5 Å². The second kappa shape index (κ2) is 6.79. The summed E-state index contributed by atoms with van der Waals surface area (Å²) < 4.78 is 27.4. The van der Waals surface area contributed by atoms with Gasteiger partial charge in [-0.3, -0.25) is 9.48 Å². The standard InChI is InChI=1S/C15H12ClF2N5O/c16-11-3-1-10(2-4-11)9-22-8-6-13(21-22)20-14(24)12-5-7-19-23(12)15(17)18/h1-8,15H,9H2,(H,20,21,24). The van der Waals surface area contributed by atoms with Gasteiger partial charge in [0.15, 0.2) is 5.82 Å². The molecule has 3 aromatic rings. The average molecular weight is 352 g/mol. The van der Waals surface area contributed by atoms with Crippen molar-refractivity contribution in [2.24, 2.45) is 0 Å². The number of nitrogens with one attached hydrogen (secondary N) is 1. The third kappa shape index (κ3) is 3.60. The van der Waals surface area contributed by atoms with Crippen molar-refractivity contribution in [2.45, 2.75) is 13.1 Å². The summed E-state index contributed by atoms with van der Waals surface area (Å²) in [5.41, 5.74) is 0.744. The van der Waals surface area contributed by atoms with Crippen LogP contribution in [-0.2, 0) is 6.54 Å². The van der Waals surface area contributed by atoms with Gasteiger partial charge in [-0.15, -0.1) is 0 Å². The number of benzene rings is 1. The molecule has 1 N–H and O–H groups in total. The van der Waals surface area contributed by atoms with Crippen molar-refractivity contribution in [1.29, 1.82) is 0 Å². The van der Waals surface area contributed by atoms with Crippen molar-refractivity contribution < 1.29 is 13.6 Å². The van der Waals surface area contributed by atoms with Crippen molar-refractivity contribution in [1.82, 2.24) is 19.6 Å². The van der Waals surface area contributed by atoms with Gasteiger partial charge in [-0.2, -0.15) is 23.7 Å². The first kappa shape index (κ1) is 16.1. The maximum Gasteiger partial charge on any atom is 0.333 e.